The Morgan fingerprint density at radius 1 is 1.44 bits per heavy atom. The van der Waals surface area contributed by atoms with E-state index in [1.165, 1.54) is 0 Å². The van der Waals surface area contributed by atoms with E-state index in [1.54, 1.807) is 0 Å². The Balaban J connectivity index is 2.63. The van der Waals surface area contributed by atoms with Gasteiger partial charge in [-0.1, -0.05) is 19.1 Å². The predicted octanol–water partition coefficient (Wildman–Crippen LogP) is 1.83. The highest BCUT2D eigenvalue weighted by Crippen LogP contribution is 2.13. The van der Waals surface area contributed by atoms with Gasteiger partial charge in [0.05, 0.1) is 5.54 Å². The van der Waals surface area contributed by atoms with Crippen LogP contribution in [0.3, 0.4) is 0 Å². The van der Waals surface area contributed by atoms with Crippen molar-refractivity contribution in [1.29, 1.82) is 0 Å². The van der Waals surface area contributed by atoms with Crippen molar-refractivity contribution in [2.75, 3.05) is 0 Å². The van der Waals surface area contributed by atoms with Crippen molar-refractivity contribution in [2.24, 2.45) is 0 Å². The highest BCUT2D eigenvalue weighted by Gasteiger charge is 2.15. The van der Waals surface area contributed by atoms with Crippen LogP contribution in [0.15, 0.2) is 24.4 Å². The molecule has 0 radical (unpaired) electrons. The van der Waals surface area contributed by atoms with E-state index in [-0.39, 0.29) is 5.54 Å². The molecule has 0 aromatic carbocycles. The number of hydrogen-bond donors (Lipinski definition) is 1. The zero-order valence-corrected chi connectivity index (χ0v) is 6.02. The van der Waals surface area contributed by atoms with Crippen molar-refractivity contribution in [3.05, 3.63) is 24.4 Å². The Morgan fingerprint density at radius 2 is 2.22 bits per heavy atom. The standard InChI is InChI=1S/C8H13N/c1-3-8(2)6-4-5-7-9-8/h4-7,9H,3H2,1-2H3. The first kappa shape index (κ1) is 6.40. The number of rotatable bonds is 1. The van der Waals surface area contributed by atoms with E-state index in [9.17, 15) is 0 Å². The monoisotopic (exact) mass is 123 g/mol. The summed E-state index contributed by atoms with van der Waals surface area (Å²) in [6, 6.07) is 0. The molecule has 0 aliphatic carbocycles. The summed E-state index contributed by atoms with van der Waals surface area (Å²) >= 11 is 0. The number of allylic oxidation sites excluding steroid dienone is 2. The second kappa shape index (κ2) is 2.26. The fraction of sp³-hybridized carbons (Fsp3) is 0.500. The van der Waals surface area contributed by atoms with Crippen LogP contribution < -0.4 is 5.32 Å². The predicted molar refractivity (Wildman–Crippen MR) is 40.1 cm³/mol. The highest BCUT2D eigenvalue weighted by molar-refractivity contribution is 5.17. The molecule has 0 saturated carbocycles. The molecule has 1 rings (SSSR count). The maximum absolute atomic E-state index is 3.28. The van der Waals surface area contributed by atoms with Crippen LogP contribution in [0.2, 0.25) is 0 Å². The van der Waals surface area contributed by atoms with Crippen molar-refractivity contribution in [2.45, 2.75) is 25.8 Å². The number of dihydropyridines is 1. The van der Waals surface area contributed by atoms with Crippen molar-refractivity contribution in [3.63, 3.8) is 0 Å². The molecule has 1 heteroatoms. The third-order valence-corrected chi connectivity index (χ3v) is 1.82. The molecule has 1 heterocycles. The van der Waals surface area contributed by atoms with E-state index in [1.807, 2.05) is 12.3 Å². The van der Waals surface area contributed by atoms with E-state index in [0.717, 1.165) is 6.42 Å². The molecule has 9 heavy (non-hydrogen) atoms. The molecule has 1 nitrogen and oxygen atoms in total. The summed E-state index contributed by atoms with van der Waals surface area (Å²) in [7, 11) is 0. The normalized spacial score (nSPS) is 32.2. The van der Waals surface area contributed by atoms with Crippen LogP contribution in [-0.2, 0) is 0 Å². The van der Waals surface area contributed by atoms with E-state index in [0.29, 0.717) is 0 Å². The molecule has 1 aliphatic heterocycles. The molecule has 0 fully saturated rings. The minimum atomic E-state index is 0.203. The second-order valence-corrected chi connectivity index (χ2v) is 2.63. The maximum atomic E-state index is 3.28. The van der Waals surface area contributed by atoms with Crippen molar-refractivity contribution < 1.29 is 0 Å². The van der Waals surface area contributed by atoms with Crippen LogP contribution in [0.5, 0.6) is 0 Å². The Bertz CT molecular complexity index is 147. The van der Waals surface area contributed by atoms with Crippen LogP contribution in [-0.4, -0.2) is 5.54 Å². The summed E-state index contributed by atoms with van der Waals surface area (Å²) in [5, 5.41) is 3.28. The topological polar surface area (TPSA) is 12.0 Å². The zero-order valence-electron chi connectivity index (χ0n) is 6.02. The summed E-state index contributed by atoms with van der Waals surface area (Å²) in [4.78, 5) is 0. The SMILES string of the molecule is CCC1(C)C=CC=CN1. The van der Waals surface area contributed by atoms with E-state index < -0.39 is 0 Å². The zero-order chi connectivity index (χ0) is 6.74. The smallest absolute Gasteiger partial charge is 0.0523 e. The summed E-state index contributed by atoms with van der Waals surface area (Å²) in [5.74, 6) is 0. The summed E-state index contributed by atoms with van der Waals surface area (Å²) in [6.45, 7) is 4.36. The molecule has 1 N–H and O–H groups in total. The third kappa shape index (κ3) is 1.35. The van der Waals surface area contributed by atoms with Gasteiger partial charge in [0.2, 0.25) is 0 Å². The lowest BCUT2D eigenvalue weighted by Crippen LogP contribution is -2.36. The summed E-state index contributed by atoms with van der Waals surface area (Å²) in [5.41, 5.74) is 0.203. The first-order valence-electron chi connectivity index (χ1n) is 3.39. The average Bonchev–Trinajstić information content (AvgIpc) is 1.90. The average molecular weight is 123 g/mol. The third-order valence-electron chi connectivity index (χ3n) is 1.82. The Morgan fingerprint density at radius 3 is 2.56 bits per heavy atom. The minimum Gasteiger partial charge on any atom is -0.382 e. The molecule has 0 amide bonds. The molecule has 0 bridgehead atoms. The van der Waals surface area contributed by atoms with Gasteiger partial charge in [-0.15, -0.1) is 0 Å². The molecule has 1 aliphatic rings. The van der Waals surface area contributed by atoms with Gasteiger partial charge in [-0.3, -0.25) is 0 Å². The van der Waals surface area contributed by atoms with Gasteiger partial charge in [-0.2, -0.15) is 0 Å². The van der Waals surface area contributed by atoms with E-state index in [2.05, 4.69) is 31.3 Å². The van der Waals surface area contributed by atoms with Gasteiger partial charge in [0.25, 0.3) is 0 Å². The fourth-order valence-corrected chi connectivity index (χ4v) is 0.830. The number of hydrogen-bond acceptors (Lipinski definition) is 1. The van der Waals surface area contributed by atoms with Gasteiger partial charge < -0.3 is 5.32 Å². The fourth-order valence-electron chi connectivity index (χ4n) is 0.830. The Labute approximate surface area is 56.5 Å². The largest absolute Gasteiger partial charge is 0.382 e. The van der Waals surface area contributed by atoms with Gasteiger partial charge in [-0.25, -0.2) is 0 Å². The van der Waals surface area contributed by atoms with Crippen LogP contribution >= 0.6 is 0 Å². The first-order valence-corrected chi connectivity index (χ1v) is 3.39. The summed E-state index contributed by atoms with van der Waals surface area (Å²) < 4.78 is 0. The van der Waals surface area contributed by atoms with Crippen molar-refractivity contribution in [3.8, 4) is 0 Å². The summed E-state index contributed by atoms with van der Waals surface area (Å²) in [6.07, 6.45) is 9.40. The van der Waals surface area contributed by atoms with Gasteiger partial charge in [-0.05, 0) is 25.6 Å². The lowest BCUT2D eigenvalue weighted by atomic mass is 9.97. The lowest BCUT2D eigenvalue weighted by Gasteiger charge is -2.26. The molecule has 0 aromatic heterocycles. The van der Waals surface area contributed by atoms with Crippen LogP contribution in [0.4, 0.5) is 0 Å². The van der Waals surface area contributed by atoms with E-state index in [4.69, 9.17) is 0 Å². The molecule has 50 valence electrons. The molecule has 0 saturated heterocycles. The Hall–Kier alpha value is -0.720. The number of nitrogens with one attached hydrogen (secondary N) is 1. The quantitative estimate of drug-likeness (QED) is 0.561. The molecular formula is C8H13N. The molecule has 1 atom stereocenters. The van der Waals surface area contributed by atoms with Gasteiger partial charge >= 0.3 is 0 Å². The molecule has 0 aromatic rings. The van der Waals surface area contributed by atoms with Crippen LogP contribution in [0.1, 0.15) is 20.3 Å². The van der Waals surface area contributed by atoms with Crippen molar-refractivity contribution >= 4 is 0 Å². The van der Waals surface area contributed by atoms with Gasteiger partial charge in [0, 0.05) is 0 Å². The van der Waals surface area contributed by atoms with Crippen LogP contribution in [0.25, 0.3) is 0 Å². The Kier molecular flexibility index (Phi) is 1.60. The minimum absolute atomic E-state index is 0.203. The van der Waals surface area contributed by atoms with E-state index >= 15 is 0 Å². The first-order chi connectivity index (χ1) is 4.27. The molecule has 0 spiro atoms. The van der Waals surface area contributed by atoms with Gasteiger partial charge in [0.1, 0.15) is 0 Å². The molecule has 1 unspecified atom stereocenters. The second-order valence-electron chi connectivity index (χ2n) is 2.63. The maximum Gasteiger partial charge on any atom is 0.0523 e. The lowest BCUT2D eigenvalue weighted by molar-refractivity contribution is 0.479. The van der Waals surface area contributed by atoms with Gasteiger partial charge in [0.15, 0.2) is 0 Å². The molecular weight excluding hydrogens is 110 g/mol. The van der Waals surface area contributed by atoms with Crippen molar-refractivity contribution in [1.82, 2.24) is 5.32 Å². The highest BCUT2D eigenvalue weighted by atomic mass is 14.9. The van der Waals surface area contributed by atoms with Crippen LogP contribution in [0, 0.1) is 0 Å².